The normalized spacial score (nSPS) is 22.0. The number of ether oxygens (including phenoxy) is 1. The molecule has 122 valence electrons. The van der Waals surface area contributed by atoms with E-state index in [1.807, 2.05) is 0 Å². The van der Waals surface area contributed by atoms with Gasteiger partial charge in [-0.15, -0.1) is 0 Å². The van der Waals surface area contributed by atoms with E-state index in [-0.39, 0.29) is 6.10 Å². The lowest BCUT2D eigenvalue weighted by Crippen LogP contribution is -2.36. The van der Waals surface area contributed by atoms with Crippen LogP contribution in [0.5, 0.6) is 0 Å². The molecule has 0 aromatic heterocycles. The summed E-state index contributed by atoms with van der Waals surface area (Å²) in [6.45, 7) is 5.71. The molecule has 0 radical (unpaired) electrons. The van der Waals surface area contributed by atoms with Crippen LogP contribution in [0.25, 0.3) is 0 Å². The molecule has 0 saturated carbocycles. The lowest BCUT2D eigenvalue weighted by atomic mass is 10.0. The highest BCUT2D eigenvalue weighted by Crippen LogP contribution is 2.17. The van der Waals surface area contributed by atoms with Gasteiger partial charge in [0, 0.05) is 45.4 Å². The molecule has 0 unspecified atom stereocenters. The van der Waals surface area contributed by atoms with Crippen LogP contribution >= 0.6 is 0 Å². The number of nitrogens with one attached hydrogen (secondary N) is 1. The van der Waals surface area contributed by atoms with E-state index in [0.29, 0.717) is 6.04 Å². The van der Waals surface area contributed by atoms with Gasteiger partial charge in [0.2, 0.25) is 0 Å². The molecule has 1 aromatic carbocycles. The first-order chi connectivity index (χ1) is 10.8. The van der Waals surface area contributed by atoms with Crippen molar-refractivity contribution in [2.45, 2.75) is 50.9 Å². The summed E-state index contributed by atoms with van der Waals surface area (Å²) >= 11 is 0. The van der Waals surface area contributed by atoms with E-state index in [0.717, 1.165) is 65.1 Å². The minimum atomic E-state index is -0.0957. The van der Waals surface area contributed by atoms with Crippen LogP contribution in [0.4, 0.5) is 0 Å². The van der Waals surface area contributed by atoms with Crippen LogP contribution in [0.15, 0.2) is 24.3 Å². The van der Waals surface area contributed by atoms with Crippen molar-refractivity contribution in [2.24, 2.45) is 0 Å². The van der Waals surface area contributed by atoms with Crippen LogP contribution in [0.1, 0.15) is 36.8 Å². The lowest BCUT2D eigenvalue weighted by molar-refractivity contribution is 0.0768. The predicted octanol–water partition coefficient (Wildman–Crippen LogP) is 1.91. The number of hydrogen-bond donors (Lipinski definition) is 2. The molecule has 4 heteroatoms. The third-order valence-corrected chi connectivity index (χ3v) is 4.87. The summed E-state index contributed by atoms with van der Waals surface area (Å²) in [5.74, 6) is 0. The third-order valence-electron chi connectivity index (χ3n) is 4.87. The second-order valence-electron chi connectivity index (χ2n) is 6.54. The standard InChI is InChI=1S/C18H28N2O2/c21-18-5-9-20(10-6-18)14-16-4-2-1-3-15(16)13-19-17-7-11-22-12-8-17/h1-4,17-19,21H,5-14H2. The second-order valence-corrected chi connectivity index (χ2v) is 6.54. The number of aliphatic hydroxyl groups is 1. The Bertz CT molecular complexity index is 452. The third kappa shape index (κ3) is 4.53. The van der Waals surface area contributed by atoms with Crippen LogP contribution in [0.2, 0.25) is 0 Å². The Morgan fingerprint density at radius 2 is 1.73 bits per heavy atom. The zero-order valence-corrected chi connectivity index (χ0v) is 13.3. The van der Waals surface area contributed by atoms with Crippen LogP contribution in [-0.2, 0) is 17.8 Å². The predicted molar refractivity (Wildman–Crippen MR) is 87.6 cm³/mol. The highest BCUT2D eigenvalue weighted by molar-refractivity contribution is 5.27. The molecular weight excluding hydrogens is 276 g/mol. The largest absolute Gasteiger partial charge is 0.393 e. The molecule has 2 fully saturated rings. The zero-order valence-electron chi connectivity index (χ0n) is 13.3. The first kappa shape index (κ1) is 15.9. The average Bonchev–Trinajstić information content (AvgIpc) is 2.57. The summed E-state index contributed by atoms with van der Waals surface area (Å²) < 4.78 is 5.42. The number of aliphatic hydroxyl groups excluding tert-OH is 1. The molecule has 2 N–H and O–H groups in total. The number of rotatable bonds is 5. The maximum Gasteiger partial charge on any atom is 0.0564 e. The summed E-state index contributed by atoms with van der Waals surface area (Å²) in [5, 5.41) is 13.3. The molecule has 1 aromatic rings. The summed E-state index contributed by atoms with van der Waals surface area (Å²) in [6, 6.07) is 9.33. The Balaban J connectivity index is 1.55. The summed E-state index contributed by atoms with van der Waals surface area (Å²) in [6.07, 6.45) is 3.95. The highest BCUT2D eigenvalue weighted by atomic mass is 16.5. The fraction of sp³-hybridized carbons (Fsp3) is 0.667. The zero-order chi connectivity index (χ0) is 15.2. The van der Waals surface area contributed by atoms with Crippen molar-refractivity contribution in [2.75, 3.05) is 26.3 Å². The van der Waals surface area contributed by atoms with Crippen molar-refractivity contribution >= 4 is 0 Å². The van der Waals surface area contributed by atoms with Gasteiger partial charge in [0.1, 0.15) is 0 Å². The van der Waals surface area contributed by atoms with Crippen LogP contribution < -0.4 is 5.32 Å². The van der Waals surface area contributed by atoms with Crippen molar-refractivity contribution in [1.82, 2.24) is 10.2 Å². The Hall–Kier alpha value is -0.940. The summed E-state index contributed by atoms with van der Waals surface area (Å²) in [5.41, 5.74) is 2.82. The number of hydrogen-bond acceptors (Lipinski definition) is 4. The molecule has 2 saturated heterocycles. The van der Waals surface area contributed by atoms with Gasteiger partial charge in [-0.2, -0.15) is 0 Å². The van der Waals surface area contributed by atoms with Gasteiger partial charge < -0.3 is 15.2 Å². The van der Waals surface area contributed by atoms with Gasteiger partial charge in [-0.3, -0.25) is 4.90 Å². The van der Waals surface area contributed by atoms with Gasteiger partial charge in [-0.1, -0.05) is 24.3 Å². The van der Waals surface area contributed by atoms with Gasteiger partial charge in [-0.25, -0.2) is 0 Å². The fourth-order valence-electron chi connectivity index (χ4n) is 3.36. The highest BCUT2D eigenvalue weighted by Gasteiger charge is 2.18. The molecule has 2 aliphatic rings. The van der Waals surface area contributed by atoms with E-state index in [4.69, 9.17) is 4.74 Å². The molecule has 0 spiro atoms. The number of benzene rings is 1. The van der Waals surface area contributed by atoms with E-state index in [2.05, 4.69) is 34.5 Å². The van der Waals surface area contributed by atoms with Crippen molar-refractivity contribution in [3.63, 3.8) is 0 Å². The van der Waals surface area contributed by atoms with Crippen LogP contribution in [0.3, 0.4) is 0 Å². The number of piperidine rings is 1. The van der Waals surface area contributed by atoms with Gasteiger partial charge >= 0.3 is 0 Å². The lowest BCUT2D eigenvalue weighted by Gasteiger charge is -2.30. The molecule has 2 aliphatic heterocycles. The van der Waals surface area contributed by atoms with Crippen molar-refractivity contribution < 1.29 is 9.84 Å². The van der Waals surface area contributed by atoms with E-state index >= 15 is 0 Å². The quantitative estimate of drug-likeness (QED) is 0.872. The van der Waals surface area contributed by atoms with E-state index in [1.54, 1.807) is 0 Å². The van der Waals surface area contributed by atoms with Crippen molar-refractivity contribution in [3.05, 3.63) is 35.4 Å². The smallest absolute Gasteiger partial charge is 0.0564 e. The van der Waals surface area contributed by atoms with Crippen LogP contribution in [-0.4, -0.2) is 48.5 Å². The second kappa shape index (κ2) is 8.06. The molecule has 4 nitrogen and oxygen atoms in total. The van der Waals surface area contributed by atoms with Crippen LogP contribution in [0, 0.1) is 0 Å². The monoisotopic (exact) mass is 304 g/mol. The molecule has 22 heavy (non-hydrogen) atoms. The fourth-order valence-corrected chi connectivity index (χ4v) is 3.36. The van der Waals surface area contributed by atoms with Crippen molar-refractivity contribution in [1.29, 1.82) is 0 Å². The summed E-state index contributed by atoms with van der Waals surface area (Å²) in [4.78, 5) is 2.46. The SMILES string of the molecule is OC1CCN(Cc2ccccc2CNC2CCOCC2)CC1. The Labute approximate surface area is 133 Å². The topological polar surface area (TPSA) is 44.7 Å². The maximum absolute atomic E-state index is 9.63. The van der Waals surface area contributed by atoms with E-state index < -0.39 is 0 Å². The van der Waals surface area contributed by atoms with Gasteiger partial charge in [0.15, 0.2) is 0 Å². The summed E-state index contributed by atoms with van der Waals surface area (Å²) in [7, 11) is 0. The molecule has 3 rings (SSSR count). The van der Waals surface area contributed by atoms with E-state index in [9.17, 15) is 5.11 Å². The van der Waals surface area contributed by atoms with Gasteiger partial charge in [-0.05, 0) is 36.8 Å². The Kier molecular flexibility index (Phi) is 5.84. The molecule has 2 heterocycles. The maximum atomic E-state index is 9.63. The number of likely N-dealkylation sites (tertiary alicyclic amines) is 1. The molecule has 0 amide bonds. The van der Waals surface area contributed by atoms with Crippen molar-refractivity contribution in [3.8, 4) is 0 Å². The first-order valence-corrected chi connectivity index (χ1v) is 8.59. The van der Waals surface area contributed by atoms with E-state index in [1.165, 1.54) is 11.1 Å². The molecule has 0 bridgehead atoms. The number of nitrogens with zero attached hydrogens (tertiary/aromatic N) is 1. The Morgan fingerprint density at radius 3 is 2.45 bits per heavy atom. The minimum absolute atomic E-state index is 0.0957. The van der Waals surface area contributed by atoms with Gasteiger partial charge in [0.05, 0.1) is 6.10 Å². The molecule has 0 aliphatic carbocycles. The minimum Gasteiger partial charge on any atom is -0.393 e. The van der Waals surface area contributed by atoms with Gasteiger partial charge in [0.25, 0.3) is 0 Å². The average molecular weight is 304 g/mol. The Morgan fingerprint density at radius 1 is 1.05 bits per heavy atom. The first-order valence-electron chi connectivity index (χ1n) is 8.59. The molecule has 0 atom stereocenters. The molecular formula is C18H28N2O2.